The highest BCUT2D eigenvalue weighted by Gasteiger charge is 2.15. The number of hydrogen-bond acceptors (Lipinski definition) is 7. The minimum absolute atomic E-state index is 0.0696. The van der Waals surface area contributed by atoms with Crippen molar-refractivity contribution in [2.45, 2.75) is 13.0 Å². The van der Waals surface area contributed by atoms with E-state index in [4.69, 9.17) is 11.6 Å². The number of pyridine rings is 1. The Morgan fingerprint density at radius 1 is 1.24 bits per heavy atom. The zero-order valence-electron chi connectivity index (χ0n) is 18.4. The lowest BCUT2D eigenvalue weighted by Gasteiger charge is -2.23. The van der Waals surface area contributed by atoms with Crippen LogP contribution in [0.25, 0.3) is 11.4 Å². The van der Waals surface area contributed by atoms with Gasteiger partial charge < -0.3 is 15.3 Å². The molecule has 176 valence electrons. The molecule has 0 saturated heterocycles. The molecule has 3 aromatic heterocycles. The molecule has 0 radical (unpaired) electrons. The van der Waals surface area contributed by atoms with Crippen molar-refractivity contribution in [2.24, 2.45) is 0 Å². The summed E-state index contributed by atoms with van der Waals surface area (Å²) in [5.74, 6) is -0.228. The third-order valence-corrected chi connectivity index (χ3v) is 6.37. The third kappa shape index (κ3) is 5.36. The summed E-state index contributed by atoms with van der Waals surface area (Å²) in [6.07, 6.45) is 4.05. The first kappa shape index (κ1) is 23.7. The number of nitrogens with one attached hydrogen (secondary N) is 1. The van der Waals surface area contributed by atoms with E-state index in [9.17, 15) is 14.7 Å². The average Bonchev–Trinajstić information content (AvgIpc) is 3.50. The number of aliphatic hydroxyl groups excluding tert-OH is 1. The molecule has 1 aromatic carbocycles. The van der Waals surface area contributed by atoms with Gasteiger partial charge in [0.2, 0.25) is 0 Å². The van der Waals surface area contributed by atoms with E-state index in [1.807, 2.05) is 30.1 Å². The van der Waals surface area contributed by atoms with Gasteiger partial charge in [0.25, 0.3) is 11.5 Å². The van der Waals surface area contributed by atoms with Crippen LogP contribution in [0.1, 0.15) is 21.8 Å². The second-order valence-electron chi connectivity index (χ2n) is 7.52. The van der Waals surface area contributed by atoms with Crippen molar-refractivity contribution in [1.82, 2.24) is 24.9 Å². The second-order valence-corrected chi connectivity index (χ2v) is 9.24. The molecule has 0 unspecified atom stereocenters. The summed E-state index contributed by atoms with van der Waals surface area (Å²) in [7, 11) is 1.91. The maximum Gasteiger partial charge on any atom is 0.261 e. The Morgan fingerprint density at radius 2 is 2.09 bits per heavy atom. The SMILES string of the molecule is CN(CCCO)c1cc(-n2ccccc2=O)ccc1-n1cc(CNC(=O)c2ccc(Cl)s2)nn1. The van der Waals surface area contributed by atoms with Crippen molar-refractivity contribution in [3.63, 3.8) is 0 Å². The van der Waals surface area contributed by atoms with Gasteiger partial charge in [0.05, 0.1) is 39.0 Å². The monoisotopic (exact) mass is 498 g/mol. The number of aromatic nitrogens is 4. The fourth-order valence-corrected chi connectivity index (χ4v) is 4.38. The van der Waals surface area contributed by atoms with Gasteiger partial charge in [-0.15, -0.1) is 16.4 Å². The zero-order chi connectivity index (χ0) is 24.1. The normalized spacial score (nSPS) is 10.9. The third-order valence-electron chi connectivity index (χ3n) is 5.14. The molecule has 3 heterocycles. The van der Waals surface area contributed by atoms with Crippen LogP contribution in [0.4, 0.5) is 5.69 Å². The van der Waals surface area contributed by atoms with Crippen LogP contribution in [0.2, 0.25) is 4.34 Å². The van der Waals surface area contributed by atoms with E-state index in [2.05, 4.69) is 15.6 Å². The van der Waals surface area contributed by atoms with E-state index < -0.39 is 0 Å². The summed E-state index contributed by atoms with van der Waals surface area (Å²) in [5.41, 5.74) is 2.73. The highest BCUT2D eigenvalue weighted by atomic mass is 35.5. The summed E-state index contributed by atoms with van der Waals surface area (Å²) in [4.78, 5) is 27.1. The molecule has 0 aliphatic heterocycles. The largest absolute Gasteiger partial charge is 0.396 e. The molecular formula is C23H23ClN6O3S. The number of halogens is 1. The maximum absolute atomic E-state index is 12.3. The van der Waals surface area contributed by atoms with Crippen molar-refractivity contribution in [2.75, 3.05) is 25.1 Å². The molecule has 2 N–H and O–H groups in total. The molecular weight excluding hydrogens is 476 g/mol. The van der Waals surface area contributed by atoms with Crippen LogP contribution in [0.5, 0.6) is 0 Å². The number of benzene rings is 1. The number of carbonyl (C=O) groups excluding carboxylic acids is 1. The smallest absolute Gasteiger partial charge is 0.261 e. The molecule has 0 aliphatic rings. The van der Waals surface area contributed by atoms with Gasteiger partial charge in [0.1, 0.15) is 5.69 Å². The van der Waals surface area contributed by atoms with Crippen LogP contribution < -0.4 is 15.8 Å². The van der Waals surface area contributed by atoms with Gasteiger partial charge in [-0.2, -0.15) is 0 Å². The Bertz CT molecular complexity index is 1350. The maximum atomic E-state index is 12.3. The van der Waals surface area contributed by atoms with Crippen LogP contribution in [-0.2, 0) is 6.54 Å². The zero-order valence-corrected chi connectivity index (χ0v) is 20.0. The highest BCUT2D eigenvalue weighted by Crippen LogP contribution is 2.26. The number of hydrogen-bond donors (Lipinski definition) is 2. The lowest BCUT2D eigenvalue weighted by atomic mass is 10.2. The fraction of sp³-hybridized carbons (Fsp3) is 0.217. The first-order valence-electron chi connectivity index (χ1n) is 10.6. The average molecular weight is 499 g/mol. The molecule has 0 fully saturated rings. The molecule has 4 rings (SSSR count). The number of anilines is 1. The topological polar surface area (TPSA) is 105 Å². The summed E-state index contributed by atoms with van der Waals surface area (Å²) >= 11 is 7.11. The predicted octanol–water partition coefficient (Wildman–Crippen LogP) is 2.88. The summed E-state index contributed by atoms with van der Waals surface area (Å²) in [6, 6.07) is 14.0. The minimum Gasteiger partial charge on any atom is -0.396 e. The van der Waals surface area contributed by atoms with Gasteiger partial charge in [-0.05, 0) is 42.8 Å². The lowest BCUT2D eigenvalue weighted by Crippen LogP contribution is -2.22. The minimum atomic E-state index is -0.228. The van der Waals surface area contributed by atoms with Crippen LogP contribution in [-0.4, -0.2) is 50.8 Å². The Kier molecular flexibility index (Phi) is 7.41. The van der Waals surface area contributed by atoms with E-state index in [1.54, 1.807) is 45.9 Å². The van der Waals surface area contributed by atoms with Crippen molar-refractivity contribution in [3.8, 4) is 11.4 Å². The van der Waals surface area contributed by atoms with E-state index in [0.29, 0.717) is 33.6 Å². The highest BCUT2D eigenvalue weighted by molar-refractivity contribution is 7.17. The number of thiophene rings is 1. The van der Waals surface area contributed by atoms with E-state index in [-0.39, 0.29) is 24.6 Å². The van der Waals surface area contributed by atoms with Crippen LogP contribution in [0.3, 0.4) is 0 Å². The van der Waals surface area contributed by atoms with Crippen LogP contribution >= 0.6 is 22.9 Å². The van der Waals surface area contributed by atoms with Gasteiger partial charge in [0.15, 0.2) is 0 Å². The standard InChI is InChI=1S/C23H23ClN6O3S/c1-28(10-4-12-31)19-13-17(29-11-3-2-5-22(29)32)6-7-18(19)30-15-16(26-27-30)14-25-23(33)20-8-9-21(24)34-20/h2-3,5-9,11,13,15,31H,4,10,12,14H2,1H3,(H,25,33). The molecule has 0 spiro atoms. The van der Waals surface area contributed by atoms with Gasteiger partial charge in [-0.1, -0.05) is 22.9 Å². The number of rotatable bonds is 9. The number of aliphatic hydroxyl groups is 1. The summed E-state index contributed by atoms with van der Waals surface area (Å²) in [5, 5.41) is 20.5. The van der Waals surface area contributed by atoms with E-state index in [1.165, 1.54) is 17.4 Å². The second kappa shape index (κ2) is 10.6. The van der Waals surface area contributed by atoms with Crippen LogP contribution in [0.15, 0.2) is 65.7 Å². The number of nitrogens with zero attached hydrogens (tertiary/aromatic N) is 5. The molecule has 0 saturated carbocycles. The molecule has 4 aromatic rings. The lowest BCUT2D eigenvalue weighted by molar-refractivity contribution is 0.0954. The fourth-order valence-electron chi connectivity index (χ4n) is 3.42. The number of carbonyl (C=O) groups is 1. The molecule has 1 amide bonds. The first-order valence-corrected chi connectivity index (χ1v) is 11.7. The Morgan fingerprint density at radius 3 is 2.82 bits per heavy atom. The Balaban J connectivity index is 1.60. The van der Waals surface area contributed by atoms with E-state index in [0.717, 1.165) is 11.4 Å². The Hall–Kier alpha value is -3.47. The van der Waals surface area contributed by atoms with Crippen molar-refractivity contribution in [1.29, 1.82) is 0 Å². The molecule has 34 heavy (non-hydrogen) atoms. The summed E-state index contributed by atoms with van der Waals surface area (Å²) in [6.45, 7) is 0.888. The summed E-state index contributed by atoms with van der Waals surface area (Å²) < 4.78 is 3.74. The molecule has 0 aliphatic carbocycles. The molecule has 11 heteroatoms. The van der Waals surface area contributed by atoms with Gasteiger partial charge in [-0.3, -0.25) is 14.2 Å². The van der Waals surface area contributed by atoms with Crippen LogP contribution in [0, 0.1) is 0 Å². The van der Waals surface area contributed by atoms with Gasteiger partial charge in [0, 0.05) is 32.5 Å². The van der Waals surface area contributed by atoms with Crippen molar-refractivity contribution >= 4 is 34.5 Å². The molecule has 9 nitrogen and oxygen atoms in total. The van der Waals surface area contributed by atoms with Crippen molar-refractivity contribution in [3.05, 3.63) is 86.2 Å². The molecule has 0 bridgehead atoms. The quantitative estimate of drug-likeness (QED) is 0.367. The number of amides is 1. The predicted molar refractivity (Wildman–Crippen MR) is 132 cm³/mol. The van der Waals surface area contributed by atoms with Gasteiger partial charge >= 0.3 is 0 Å². The Labute approximate surface area is 204 Å². The molecule has 0 atom stereocenters. The first-order chi connectivity index (χ1) is 16.5. The van der Waals surface area contributed by atoms with Gasteiger partial charge in [-0.25, -0.2) is 4.68 Å². The van der Waals surface area contributed by atoms with Crippen molar-refractivity contribution < 1.29 is 9.90 Å². The van der Waals surface area contributed by atoms with E-state index >= 15 is 0 Å².